The number of thiazole rings is 1. The van der Waals surface area contributed by atoms with Crippen LogP contribution in [0, 0.1) is 12.7 Å². The molecule has 1 aromatic heterocycles. The maximum absolute atomic E-state index is 14.2. The van der Waals surface area contributed by atoms with Crippen LogP contribution in [-0.4, -0.2) is 52.4 Å². The first-order valence-corrected chi connectivity index (χ1v) is 11.0. The molecule has 1 amide bonds. The zero-order valence-electron chi connectivity index (χ0n) is 16.9. The van der Waals surface area contributed by atoms with Gasteiger partial charge in [-0.3, -0.25) is 9.69 Å². The van der Waals surface area contributed by atoms with Gasteiger partial charge in [0, 0.05) is 17.6 Å². The molecule has 0 unspecified atom stereocenters. The van der Waals surface area contributed by atoms with Crippen LogP contribution in [-0.2, 0) is 0 Å². The van der Waals surface area contributed by atoms with Gasteiger partial charge < -0.3 is 4.90 Å². The van der Waals surface area contributed by atoms with Crippen LogP contribution in [0.25, 0.3) is 10.6 Å². The summed E-state index contributed by atoms with van der Waals surface area (Å²) in [5, 5.41) is 0.580. The topological polar surface area (TPSA) is 36.4 Å². The lowest BCUT2D eigenvalue weighted by Gasteiger charge is -2.51. The van der Waals surface area contributed by atoms with Gasteiger partial charge >= 0.3 is 0 Å². The summed E-state index contributed by atoms with van der Waals surface area (Å²) in [6.07, 6.45) is 5.52. The number of rotatable bonds is 2. The van der Waals surface area contributed by atoms with Crippen LogP contribution in [0.1, 0.15) is 54.4 Å². The molecular weight excluding hydrogens is 373 g/mol. The zero-order chi connectivity index (χ0) is 19.9. The molecule has 1 aromatic carbocycles. The SMILES string of the molecule is Cc1nc(-c2ccccc2F)sc1C(=O)N1CCC[C@@]2(C)[C@@H]1CCCCN2C. The summed E-state index contributed by atoms with van der Waals surface area (Å²) in [4.78, 5) is 23.3. The number of carbonyl (C=O) groups excluding carboxylic acids is 1. The molecule has 0 aliphatic carbocycles. The molecule has 150 valence electrons. The predicted octanol–water partition coefficient (Wildman–Crippen LogP) is 4.74. The predicted molar refractivity (Wildman–Crippen MR) is 111 cm³/mol. The lowest BCUT2D eigenvalue weighted by Crippen LogP contribution is -2.63. The Morgan fingerprint density at radius 3 is 2.82 bits per heavy atom. The van der Waals surface area contributed by atoms with E-state index in [4.69, 9.17) is 0 Å². The van der Waals surface area contributed by atoms with Crippen LogP contribution in [0.5, 0.6) is 0 Å². The molecule has 0 N–H and O–H groups in total. The van der Waals surface area contributed by atoms with Crippen LogP contribution >= 0.6 is 11.3 Å². The number of carbonyl (C=O) groups is 1. The first kappa shape index (κ1) is 19.5. The van der Waals surface area contributed by atoms with Gasteiger partial charge in [0.2, 0.25) is 0 Å². The van der Waals surface area contributed by atoms with Crippen molar-refractivity contribution in [3.8, 4) is 10.6 Å². The Bertz CT molecular complexity index is 882. The number of benzene rings is 1. The van der Waals surface area contributed by atoms with Gasteiger partial charge in [-0.2, -0.15) is 0 Å². The molecule has 0 spiro atoms. The van der Waals surface area contributed by atoms with Gasteiger partial charge in [0.15, 0.2) is 0 Å². The van der Waals surface area contributed by atoms with Crippen molar-refractivity contribution in [3.05, 3.63) is 40.7 Å². The lowest BCUT2D eigenvalue weighted by atomic mass is 9.80. The van der Waals surface area contributed by atoms with Crippen molar-refractivity contribution in [1.82, 2.24) is 14.8 Å². The van der Waals surface area contributed by atoms with Crippen molar-refractivity contribution >= 4 is 17.2 Å². The van der Waals surface area contributed by atoms with Gasteiger partial charge in [0.05, 0.1) is 11.7 Å². The van der Waals surface area contributed by atoms with Crippen LogP contribution in [0.4, 0.5) is 4.39 Å². The number of hydrogen-bond acceptors (Lipinski definition) is 4. The standard InChI is InChI=1S/C22H28FN3OS/c1-15-19(28-20(24-15)16-9-4-5-10-17(16)23)21(27)26-14-8-12-22(2)18(26)11-6-7-13-25(22)3/h4-5,9-10,18H,6-8,11-14H2,1-3H3/t18-,22-/m0/s1. The Morgan fingerprint density at radius 2 is 2.04 bits per heavy atom. The fourth-order valence-corrected chi connectivity index (χ4v) is 5.89. The second kappa shape index (κ2) is 7.56. The lowest BCUT2D eigenvalue weighted by molar-refractivity contribution is -0.00315. The van der Waals surface area contributed by atoms with Gasteiger partial charge in [-0.15, -0.1) is 11.3 Å². The summed E-state index contributed by atoms with van der Waals surface area (Å²) < 4.78 is 14.2. The molecule has 2 aromatic rings. The Morgan fingerprint density at radius 1 is 1.25 bits per heavy atom. The van der Waals surface area contributed by atoms with E-state index in [-0.39, 0.29) is 23.3 Å². The molecule has 4 rings (SSSR count). The second-order valence-corrected chi connectivity index (χ2v) is 9.30. The van der Waals surface area contributed by atoms with E-state index in [0.717, 1.165) is 38.8 Å². The highest BCUT2D eigenvalue weighted by Crippen LogP contribution is 2.39. The van der Waals surface area contributed by atoms with E-state index in [9.17, 15) is 9.18 Å². The molecule has 0 bridgehead atoms. The monoisotopic (exact) mass is 401 g/mol. The van der Waals surface area contributed by atoms with E-state index in [1.807, 2.05) is 6.92 Å². The molecule has 2 atom stereocenters. The minimum Gasteiger partial charge on any atom is -0.333 e. The molecule has 3 heterocycles. The molecule has 0 saturated carbocycles. The number of hydrogen-bond donors (Lipinski definition) is 0. The number of piperidine rings is 1. The number of aromatic nitrogens is 1. The quantitative estimate of drug-likeness (QED) is 0.729. The fourth-order valence-electron chi connectivity index (χ4n) is 4.84. The smallest absolute Gasteiger partial charge is 0.266 e. The summed E-state index contributed by atoms with van der Waals surface area (Å²) in [7, 11) is 2.19. The second-order valence-electron chi connectivity index (χ2n) is 8.31. The van der Waals surface area contributed by atoms with Crippen LogP contribution in [0.2, 0.25) is 0 Å². The molecule has 2 aliphatic heterocycles. The first-order valence-electron chi connectivity index (χ1n) is 10.2. The number of nitrogens with zero attached hydrogens (tertiary/aromatic N) is 3. The number of likely N-dealkylation sites (N-methyl/N-ethyl adjacent to an activating group) is 1. The third kappa shape index (κ3) is 3.26. The summed E-state index contributed by atoms with van der Waals surface area (Å²) in [5.41, 5.74) is 1.19. The van der Waals surface area contributed by atoms with Crippen molar-refractivity contribution in [1.29, 1.82) is 0 Å². The molecule has 6 heteroatoms. The number of likely N-dealkylation sites (tertiary alicyclic amines) is 2. The average Bonchev–Trinajstić information content (AvgIpc) is 2.99. The summed E-state index contributed by atoms with van der Waals surface area (Å²) in [5.74, 6) is -0.241. The van der Waals surface area contributed by atoms with Crippen LogP contribution < -0.4 is 0 Å². The van der Waals surface area contributed by atoms with Gasteiger partial charge in [0.25, 0.3) is 5.91 Å². The molecular formula is C22H28FN3OS. The van der Waals surface area contributed by atoms with Crippen molar-refractivity contribution in [2.75, 3.05) is 20.1 Å². The largest absolute Gasteiger partial charge is 0.333 e. The van der Waals surface area contributed by atoms with E-state index in [2.05, 4.69) is 28.8 Å². The van der Waals surface area contributed by atoms with Crippen molar-refractivity contribution in [3.63, 3.8) is 0 Å². The highest BCUT2D eigenvalue weighted by atomic mass is 32.1. The molecule has 4 nitrogen and oxygen atoms in total. The van der Waals surface area contributed by atoms with Crippen molar-refractivity contribution in [2.45, 2.75) is 57.5 Å². The Balaban J connectivity index is 1.67. The first-order chi connectivity index (χ1) is 13.4. The van der Waals surface area contributed by atoms with Crippen LogP contribution in [0.3, 0.4) is 0 Å². The summed E-state index contributed by atoms with van der Waals surface area (Å²) >= 11 is 1.32. The number of aryl methyl sites for hydroxylation is 1. The zero-order valence-corrected chi connectivity index (χ0v) is 17.7. The molecule has 2 aliphatic rings. The van der Waals surface area contributed by atoms with Gasteiger partial charge in [-0.1, -0.05) is 18.6 Å². The van der Waals surface area contributed by atoms with E-state index < -0.39 is 0 Å². The molecule has 0 radical (unpaired) electrons. The number of amides is 1. The highest BCUT2D eigenvalue weighted by molar-refractivity contribution is 7.17. The Labute approximate surface area is 170 Å². The minimum atomic E-state index is -0.300. The van der Waals surface area contributed by atoms with E-state index in [1.165, 1.54) is 23.8 Å². The van der Waals surface area contributed by atoms with Gasteiger partial charge in [-0.05, 0) is 65.3 Å². The van der Waals surface area contributed by atoms with Crippen molar-refractivity contribution < 1.29 is 9.18 Å². The number of fused-ring (bicyclic) bond motifs is 1. The molecule has 28 heavy (non-hydrogen) atoms. The third-order valence-corrected chi connectivity index (χ3v) is 7.80. The third-order valence-electron chi connectivity index (χ3n) is 6.63. The maximum Gasteiger partial charge on any atom is 0.266 e. The Kier molecular flexibility index (Phi) is 5.27. The van der Waals surface area contributed by atoms with Crippen LogP contribution in [0.15, 0.2) is 24.3 Å². The Hall–Kier alpha value is -1.79. The van der Waals surface area contributed by atoms with E-state index in [1.54, 1.807) is 18.2 Å². The fraction of sp³-hybridized carbons (Fsp3) is 0.545. The molecule has 2 saturated heterocycles. The minimum absolute atomic E-state index is 0.0252. The van der Waals surface area contributed by atoms with Gasteiger partial charge in [0.1, 0.15) is 15.7 Å². The maximum atomic E-state index is 14.2. The normalized spacial score (nSPS) is 26.0. The van der Waals surface area contributed by atoms with Gasteiger partial charge in [-0.25, -0.2) is 9.37 Å². The van der Waals surface area contributed by atoms with E-state index in [0.29, 0.717) is 21.1 Å². The average molecular weight is 402 g/mol. The molecule has 2 fully saturated rings. The number of halogens is 1. The van der Waals surface area contributed by atoms with Crippen molar-refractivity contribution in [2.24, 2.45) is 0 Å². The highest BCUT2D eigenvalue weighted by Gasteiger charge is 2.46. The summed E-state index contributed by atoms with van der Waals surface area (Å²) in [6.45, 7) is 6.05. The van der Waals surface area contributed by atoms with E-state index >= 15 is 0 Å². The summed E-state index contributed by atoms with van der Waals surface area (Å²) in [6, 6.07) is 6.85.